The third-order valence-corrected chi connectivity index (χ3v) is 7.19. The van der Waals surface area contributed by atoms with Gasteiger partial charge in [-0.15, -0.1) is 0 Å². The fourth-order valence-corrected chi connectivity index (χ4v) is 5.17. The molecule has 1 rings (SSSR count). The van der Waals surface area contributed by atoms with Gasteiger partial charge in [0.25, 0.3) is 0 Å². The van der Waals surface area contributed by atoms with E-state index >= 15 is 0 Å². The topological polar surface area (TPSA) is 57.2 Å². The molecule has 0 bridgehead atoms. The van der Waals surface area contributed by atoms with Crippen molar-refractivity contribution < 1.29 is 17.4 Å². The Bertz CT molecular complexity index is 702. The highest BCUT2D eigenvalue weighted by Crippen LogP contribution is 2.15. The normalized spacial score (nSPS) is 14.8. The number of allylic oxidation sites excluding steroid dienone is 3. The summed E-state index contributed by atoms with van der Waals surface area (Å²) in [5.41, 5.74) is 0.794. The summed E-state index contributed by atoms with van der Waals surface area (Å²) in [4.78, 5) is 0. The molecule has 0 amide bonds. The second kappa shape index (κ2) is 19.4. The van der Waals surface area contributed by atoms with E-state index in [2.05, 4.69) is 19.1 Å². The smallest absolute Gasteiger partial charge is 0.123 e. The molecule has 0 fully saturated rings. The summed E-state index contributed by atoms with van der Waals surface area (Å²) in [6.45, 7) is 2.24. The molecule has 1 aromatic carbocycles. The van der Waals surface area contributed by atoms with Crippen molar-refractivity contribution in [2.75, 3.05) is 5.75 Å². The second-order valence-electron chi connectivity index (χ2n) is 8.38. The van der Waals surface area contributed by atoms with Gasteiger partial charge in [0.05, 0.1) is 5.75 Å². The molecule has 0 saturated heterocycles. The molecule has 6 heteroatoms. The zero-order valence-electron chi connectivity index (χ0n) is 19.5. The van der Waals surface area contributed by atoms with Gasteiger partial charge in [-0.3, -0.25) is 8.42 Å². The monoisotopic (exact) mass is 483 g/mol. The Kier molecular flexibility index (Phi) is 17.5. The summed E-state index contributed by atoms with van der Waals surface area (Å²) in [5.74, 6) is -0.0765. The summed E-state index contributed by atoms with van der Waals surface area (Å²) < 4.78 is 47.5. The van der Waals surface area contributed by atoms with Gasteiger partial charge in [-0.25, -0.2) is 4.39 Å². The van der Waals surface area contributed by atoms with Crippen LogP contribution in [0.4, 0.5) is 4.39 Å². The average molecular weight is 484 g/mol. The average Bonchev–Trinajstić information content (AvgIpc) is 2.76. The van der Waals surface area contributed by atoms with Crippen molar-refractivity contribution in [2.24, 2.45) is 5.92 Å². The number of hydrogen-bond acceptors (Lipinski definition) is 3. The minimum Gasteiger partial charge on any atom is -0.772 e. The SMILES string of the molecule is CCCCCCCCC=CCCCCCC(C=CS(=O)Cc1ccc(F)cc1)CS(=O)[O-]. The van der Waals surface area contributed by atoms with Gasteiger partial charge in [0.15, 0.2) is 0 Å². The standard InChI is InChI=1S/C26H41FO3S2/c1-2-3-4-5-6-7-8-9-10-11-12-13-14-15-24(23-32(29)30)20-21-31(28)22-25-16-18-26(27)19-17-25/h9-10,16-21,24H,2-8,11-15,22-23H2,1H3,(H,29,30)/p-1. The van der Waals surface area contributed by atoms with E-state index < -0.39 is 21.9 Å². The molecule has 0 aromatic heterocycles. The van der Waals surface area contributed by atoms with Gasteiger partial charge in [-0.05, 0) is 61.1 Å². The van der Waals surface area contributed by atoms with E-state index in [1.165, 1.54) is 57.1 Å². The number of benzene rings is 1. The summed E-state index contributed by atoms with van der Waals surface area (Å²) >= 11 is -2.12. The number of rotatable bonds is 19. The molecule has 32 heavy (non-hydrogen) atoms. The summed E-state index contributed by atoms with van der Waals surface area (Å²) in [6, 6.07) is 5.94. The Balaban J connectivity index is 2.21. The van der Waals surface area contributed by atoms with Crippen LogP contribution in [0.1, 0.15) is 89.5 Å². The maximum atomic E-state index is 13.0. The van der Waals surface area contributed by atoms with E-state index in [-0.39, 0.29) is 17.5 Å². The zero-order valence-corrected chi connectivity index (χ0v) is 21.1. The van der Waals surface area contributed by atoms with Crippen LogP contribution in [0.5, 0.6) is 0 Å². The molecule has 3 unspecified atom stereocenters. The van der Waals surface area contributed by atoms with E-state index in [1.54, 1.807) is 23.6 Å². The van der Waals surface area contributed by atoms with E-state index in [4.69, 9.17) is 0 Å². The maximum absolute atomic E-state index is 13.0. The lowest BCUT2D eigenvalue weighted by atomic mass is 10.0. The van der Waals surface area contributed by atoms with E-state index in [0.717, 1.165) is 37.7 Å². The number of unbranched alkanes of at least 4 members (excludes halogenated alkanes) is 9. The molecule has 3 atom stereocenters. The maximum Gasteiger partial charge on any atom is 0.123 e. The summed E-state index contributed by atoms with van der Waals surface area (Å²) in [5, 5.41) is 1.59. The van der Waals surface area contributed by atoms with Crippen molar-refractivity contribution in [3.63, 3.8) is 0 Å². The van der Waals surface area contributed by atoms with Gasteiger partial charge in [-0.1, -0.05) is 93.3 Å². The molecular weight excluding hydrogens is 443 g/mol. The zero-order chi connectivity index (χ0) is 23.4. The molecule has 1 aromatic rings. The van der Waals surface area contributed by atoms with Gasteiger partial charge in [-0.2, -0.15) is 0 Å². The number of hydrogen-bond donors (Lipinski definition) is 0. The minimum absolute atomic E-state index is 0.0579. The molecule has 0 N–H and O–H groups in total. The van der Waals surface area contributed by atoms with E-state index in [9.17, 15) is 17.4 Å². The van der Waals surface area contributed by atoms with E-state index in [1.807, 2.05) is 0 Å². The molecule has 0 spiro atoms. The third-order valence-electron chi connectivity index (χ3n) is 5.41. The predicted octanol–water partition coefficient (Wildman–Crippen LogP) is 7.34. The Labute approximate surface area is 199 Å². The molecule has 182 valence electrons. The molecular formula is C26H40FO3S2-. The van der Waals surface area contributed by atoms with Crippen molar-refractivity contribution >= 4 is 21.9 Å². The van der Waals surface area contributed by atoms with Crippen molar-refractivity contribution in [3.05, 3.63) is 59.3 Å². The molecule has 0 aliphatic heterocycles. The van der Waals surface area contributed by atoms with Gasteiger partial charge in [0, 0.05) is 16.6 Å². The quantitative estimate of drug-likeness (QED) is 0.117. The predicted molar refractivity (Wildman–Crippen MR) is 135 cm³/mol. The van der Waals surface area contributed by atoms with E-state index in [0.29, 0.717) is 5.75 Å². The first-order valence-electron chi connectivity index (χ1n) is 12.0. The van der Waals surface area contributed by atoms with Gasteiger partial charge < -0.3 is 4.55 Å². The van der Waals surface area contributed by atoms with Crippen LogP contribution in [0.3, 0.4) is 0 Å². The van der Waals surface area contributed by atoms with Crippen LogP contribution in [0.15, 0.2) is 47.9 Å². The van der Waals surface area contributed by atoms with Crippen LogP contribution < -0.4 is 0 Å². The second-order valence-corrected chi connectivity index (χ2v) is 10.6. The fraction of sp³-hybridized carbons (Fsp3) is 0.615. The first-order chi connectivity index (χ1) is 15.5. The van der Waals surface area contributed by atoms with Crippen LogP contribution >= 0.6 is 0 Å². The van der Waals surface area contributed by atoms with Crippen molar-refractivity contribution in [3.8, 4) is 0 Å². The Morgan fingerprint density at radius 2 is 1.50 bits per heavy atom. The van der Waals surface area contributed by atoms with Crippen LogP contribution in [0.25, 0.3) is 0 Å². The van der Waals surface area contributed by atoms with Gasteiger partial charge in [0.2, 0.25) is 0 Å². The highest BCUT2D eigenvalue weighted by atomic mass is 32.2. The summed E-state index contributed by atoms with van der Waals surface area (Å²) in [6.07, 6.45) is 20.5. The van der Waals surface area contributed by atoms with Gasteiger partial charge >= 0.3 is 0 Å². The fourth-order valence-electron chi connectivity index (χ4n) is 3.53. The highest BCUT2D eigenvalue weighted by molar-refractivity contribution is 7.87. The lowest BCUT2D eigenvalue weighted by molar-refractivity contribution is 0.513. The van der Waals surface area contributed by atoms with Crippen LogP contribution in [0, 0.1) is 11.7 Å². The Morgan fingerprint density at radius 3 is 2.12 bits per heavy atom. The van der Waals surface area contributed by atoms with Crippen molar-refractivity contribution in [1.29, 1.82) is 0 Å². The Hall–Kier alpha value is -1.11. The molecule has 3 nitrogen and oxygen atoms in total. The first kappa shape index (κ1) is 28.9. The van der Waals surface area contributed by atoms with Gasteiger partial charge in [0.1, 0.15) is 5.82 Å². The van der Waals surface area contributed by atoms with Crippen LogP contribution in [0.2, 0.25) is 0 Å². The Morgan fingerprint density at radius 1 is 0.906 bits per heavy atom. The lowest BCUT2D eigenvalue weighted by Gasteiger charge is -2.14. The van der Waals surface area contributed by atoms with Crippen LogP contribution in [-0.2, 0) is 27.6 Å². The highest BCUT2D eigenvalue weighted by Gasteiger charge is 2.07. The first-order valence-corrected chi connectivity index (χ1v) is 14.6. The lowest BCUT2D eigenvalue weighted by Crippen LogP contribution is -2.09. The largest absolute Gasteiger partial charge is 0.772 e. The minimum atomic E-state index is -2.12. The molecule has 0 aliphatic rings. The van der Waals surface area contributed by atoms with Crippen molar-refractivity contribution in [1.82, 2.24) is 0 Å². The van der Waals surface area contributed by atoms with Crippen LogP contribution in [-0.4, -0.2) is 18.7 Å². The molecule has 0 radical (unpaired) electrons. The molecule has 0 saturated carbocycles. The number of halogens is 1. The van der Waals surface area contributed by atoms with Crippen molar-refractivity contribution in [2.45, 2.75) is 89.7 Å². The molecule has 0 aliphatic carbocycles. The molecule has 0 heterocycles. The summed E-state index contributed by atoms with van der Waals surface area (Å²) in [7, 11) is -1.24. The third kappa shape index (κ3) is 16.5.